The van der Waals surface area contributed by atoms with Gasteiger partial charge in [0.25, 0.3) is 11.8 Å². The Hall–Kier alpha value is -5.21. The van der Waals surface area contributed by atoms with Gasteiger partial charge in [-0.2, -0.15) is 0 Å². The molecule has 0 radical (unpaired) electrons. The number of carbonyl (C=O) groups excluding carboxylic acids is 3. The van der Waals surface area contributed by atoms with Crippen molar-refractivity contribution in [3.63, 3.8) is 0 Å². The zero-order valence-electron chi connectivity index (χ0n) is 24.9. The van der Waals surface area contributed by atoms with Crippen LogP contribution in [0.5, 0.6) is 5.75 Å². The standard InChI is InChI=1S/C33H28FN5O6S2/c1-43-38-25(24-18-47-33(35)36-24)29(40)37-26-30(41)39-27(21(17-46-31(26)39)16-44-23-14-8-13-22(34)15-23)32(42)45-28(19-9-4-2-5-10-19)20-11-6-3-7-12-20/h2-15,18,26,28,31H,16-17H2,1H3,(H2,35,36)(H,37,40)/t26?,31-/m0/s1. The van der Waals surface area contributed by atoms with E-state index in [2.05, 4.69) is 15.5 Å². The molecule has 1 aromatic heterocycles. The first-order chi connectivity index (χ1) is 22.8. The van der Waals surface area contributed by atoms with Gasteiger partial charge in [0.15, 0.2) is 16.9 Å². The Balaban J connectivity index is 1.29. The number of halogens is 1. The van der Waals surface area contributed by atoms with Crippen molar-refractivity contribution in [2.24, 2.45) is 5.16 Å². The Morgan fingerprint density at radius 2 is 1.79 bits per heavy atom. The number of esters is 1. The van der Waals surface area contributed by atoms with E-state index in [4.69, 9.17) is 20.0 Å². The second-order valence-corrected chi connectivity index (χ2v) is 12.4. The molecule has 0 saturated carbocycles. The van der Waals surface area contributed by atoms with Gasteiger partial charge in [0.2, 0.25) is 0 Å². The molecule has 11 nitrogen and oxygen atoms in total. The maximum Gasteiger partial charge on any atom is 0.356 e. The number of nitrogens with zero attached hydrogens (tertiary/aromatic N) is 3. The summed E-state index contributed by atoms with van der Waals surface area (Å²) in [5.41, 5.74) is 7.73. The summed E-state index contributed by atoms with van der Waals surface area (Å²) >= 11 is 2.46. The summed E-state index contributed by atoms with van der Waals surface area (Å²) in [6, 6.07) is 23.1. The van der Waals surface area contributed by atoms with Gasteiger partial charge in [0, 0.05) is 22.8 Å². The van der Waals surface area contributed by atoms with Crippen molar-refractivity contribution in [1.29, 1.82) is 0 Å². The molecule has 0 bridgehead atoms. The van der Waals surface area contributed by atoms with E-state index in [0.29, 0.717) is 5.57 Å². The van der Waals surface area contributed by atoms with E-state index in [0.717, 1.165) is 22.5 Å². The molecule has 1 fully saturated rings. The Morgan fingerprint density at radius 3 is 2.40 bits per heavy atom. The minimum Gasteiger partial charge on any atom is -0.489 e. The van der Waals surface area contributed by atoms with Gasteiger partial charge < -0.3 is 25.4 Å². The lowest BCUT2D eigenvalue weighted by atomic mass is 10.0. The van der Waals surface area contributed by atoms with Crippen LogP contribution in [-0.4, -0.2) is 64.3 Å². The summed E-state index contributed by atoms with van der Waals surface area (Å²) < 4.78 is 25.9. The number of oxime groups is 1. The average Bonchev–Trinajstić information content (AvgIpc) is 3.53. The molecular weight excluding hydrogens is 646 g/mol. The zero-order chi connectivity index (χ0) is 32.9. The summed E-state index contributed by atoms with van der Waals surface area (Å²) in [5, 5.41) is 7.64. The molecule has 0 aliphatic carbocycles. The summed E-state index contributed by atoms with van der Waals surface area (Å²) in [7, 11) is 1.28. The van der Waals surface area contributed by atoms with Crippen molar-refractivity contribution in [3.05, 3.63) is 124 Å². The molecule has 3 heterocycles. The van der Waals surface area contributed by atoms with Crippen LogP contribution in [-0.2, 0) is 24.0 Å². The number of amides is 2. The predicted molar refractivity (Wildman–Crippen MR) is 175 cm³/mol. The molecular formula is C33H28FN5O6S2. The first kappa shape index (κ1) is 31.8. The van der Waals surface area contributed by atoms with Crippen molar-refractivity contribution in [2.75, 3.05) is 25.2 Å². The Kier molecular flexibility index (Phi) is 9.50. The highest BCUT2D eigenvalue weighted by Gasteiger charge is 2.55. The van der Waals surface area contributed by atoms with Gasteiger partial charge in [-0.25, -0.2) is 14.2 Å². The smallest absolute Gasteiger partial charge is 0.356 e. The van der Waals surface area contributed by atoms with Crippen LogP contribution in [0, 0.1) is 5.82 Å². The molecule has 14 heteroatoms. The fourth-order valence-corrected chi connectivity index (χ4v) is 7.03. The van der Waals surface area contributed by atoms with Crippen molar-refractivity contribution >= 4 is 51.7 Å². The zero-order valence-corrected chi connectivity index (χ0v) is 26.5. The number of hydrogen-bond donors (Lipinski definition) is 2. The third-order valence-electron chi connectivity index (χ3n) is 7.33. The molecule has 4 aromatic rings. The summed E-state index contributed by atoms with van der Waals surface area (Å²) in [5.74, 6) is -1.92. The lowest BCUT2D eigenvalue weighted by molar-refractivity contribution is -0.154. The molecule has 2 aliphatic rings. The number of benzene rings is 3. The van der Waals surface area contributed by atoms with Crippen LogP contribution in [0.1, 0.15) is 22.9 Å². The number of nitrogens with one attached hydrogen (secondary N) is 1. The molecule has 6 rings (SSSR count). The molecule has 0 spiro atoms. The fourth-order valence-electron chi connectivity index (χ4n) is 5.16. The minimum atomic E-state index is -0.988. The molecule has 2 amide bonds. The van der Waals surface area contributed by atoms with Gasteiger partial charge in [-0.3, -0.25) is 14.5 Å². The van der Waals surface area contributed by atoms with E-state index in [1.54, 1.807) is 11.4 Å². The topological polar surface area (TPSA) is 145 Å². The minimum absolute atomic E-state index is 0.00979. The molecule has 3 N–H and O–H groups in total. The maximum atomic E-state index is 14.1. The van der Waals surface area contributed by atoms with Crippen molar-refractivity contribution in [3.8, 4) is 5.75 Å². The summed E-state index contributed by atoms with van der Waals surface area (Å²) in [6.45, 7) is -0.106. The number of nitrogen functional groups attached to an aromatic ring is 1. The highest BCUT2D eigenvalue weighted by molar-refractivity contribution is 8.00. The molecule has 2 aliphatic heterocycles. The number of ether oxygens (including phenoxy) is 2. The number of nitrogens with two attached hydrogens (primary N) is 1. The van der Waals surface area contributed by atoms with E-state index in [1.165, 1.54) is 42.0 Å². The van der Waals surface area contributed by atoms with Gasteiger partial charge in [-0.15, -0.1) is 23.1 Å². The number of thioether (sulfide) groups is 1. The van der Waals surface area contributed by atoms with Crippen LogP contribution in [0.25, 0.3) is 0 Å². The lowest BCUT2D eigenvalue weighted by Crippen LogP contribution is -2.71. The summed E-state index contributed by atoms with van der Waals surface area (Å²) in [6.07, 6.45) is -0.777. The molecule has 1 unspecified atom stereocenters. The monoisotopic (exact) mass is 673 g/mol. The molecule has 3 aromatic carbocycles. The van der Waals surface area contributed by atoms with Crippen LogP contribution in [0.15, 0.2) is 107 Å². The van der Waals surface area contributed by atoms with Crippen LogP contribution in [0.4, 0.5) is 9.52 Å². The third-order valence-corrected chi connectivity index (χ3v) is 9.34. The molecule has 2 atom stereocenters. The van der Waals surface area contributed by atoms with E-state index >= 15 is 0 Å². The summed E-state index contributed by atoms with van der Waals surface area (Å²) in [4.78, 5) is 51.4. The molecule has 240 valence electrons. The lowest BCUT2D eigenvalue weighted by Gasteiger charge is -2.49. The van der Waals surface area contributed by atoms with Crippen molar-refractivity contribution in [2.45, 2.75) is 17.5 Å². The second-order valence-electron chi connectivity index (χ2n) is 10.4. The Labute approximate surface area is 277 Å². The average molecular weight is 674 g/mol. The highest BCUT2D eigenvalue weighted by atomic mass is 32.2. The quantitative estimate of drug-likeness (QED) is 0.103. The number of aromatic nitrogens is 1. The predicted octanol–water partition coefficient (Wildman–Crippen LogP) is 4.28. The maximum absolute atomic E-state index is 14.1. The number of rotatable bonds is 11. The SMILES string of the molecule is CON=C(C(=O)NC1C(=O)N2C(C(=O)OC(c3ccccc3)c3ccccc3)=C(COc3cccc(F)c3)CS[C@@H]12)c1csc(N)n1. The van der Waals surface area contributed by atoms with E-state index in [-0.39, 0.29) is 40.3 Å². The van der Waals surface area contributed by atoms with E-state index in [1.807, 2.05) is 60.7 Å². The number of fused-ring (bicyclic) bond motifs is 1. The number of thiazole rings is 1. The van der Waals surface area contributed by atoms with E-state index in [9.17, 15) is 18.8 Å². The third kappa shape index (κ3) is 6.83. The Morgan fingerprint density at radius 1 is 1.09 bits per heavy atom. The van der Waals surface area contributed by atoms with Crippen LogP contribution >= 0.6 is 23.1 Å². The Bertz CT molecular complexity index is 1810. The first-order valence-electron chi connectivity index (χ1n) is 14.3. The van der Waals surface area contributed by atoms with Crippen molar-refractivity contribution in [1.82, 2.24) is 15.2 Å². The van der Waals surface area contributed by atoms with Gasteiger partial charge in [-0.05, 0) is 23.3 Å². The molecule has 1 saturated heterocycles. The second kappa shape index (κ2) is 14.1. The van der Waals surface area contributed by atoms with Crippen LogP contribution in [0.2, 0.25) is 0 Å². The normalized spacial score (nSPS) is 17.6. The highest BCUT2D eigenvalue weighted by Crippen LogP contribution is 2.42. The van der Waals surface area contributed by atoms with E-state index < -0.39 is 41.1 Å². The first-order valence-corrected chi connectivity index (χ1v) is 16.3. The van der Waals surface area contributed by atoms with Gasteiger partial charge in [0.05, 0.1) is 0 Å². The number of anilines is 1. The number of β-lactam (4-membered cyclic amide) rings is 1. The van der Waals surface area contributed by atoms with Crippen LogP contribution < -0.4 is 15.8 Å². The van der Waals surface area contributed by atoms with Crippen molar-refractivity contribution < 1.29 is 33.1 Å². The number of hydrogen-bond acceptors (Lipinski definition) is 11. The molecule has 47 heavy (non-hydrogen) atoms. The van der Waals surface area contributed by atoms with Gasteiger partial charge in [-0.1, -0.05) is 71.9 Å². The van der Waals surface area contributed by atoms with Gasteiger partial charge in [0.1, 0.15) is 48.1 Å². The fraction of sp³-hybridized carbons (Fsp3) is 0.182. The largest absolute Gasteiger partial charge is 0.489 e. The number of carbonyl (C=O) groups is 3. The van der Waals surface area contributed by atoms with Crippen LogP contribution in [0.3, 0.4) is 0 Å². The van der Waals surface area contributed by atoms with Gasteiger partial charge >= 0.3 is 5.97 Å².